The van der Waals surface area contributed by atoms with Crippen LogP contribution in [0.2, 0.25) is 0 Å². The first-order valence-corrected chi connectivity index (χ1v) is 17.2. The molecule has 0 fully saturated rings. The lowest BCUT2D eigenvalue weighted by atomic mass is 9.87. The van der Waals surface area contributed by atoms with Crippen LogP contribution in [0.5, 0.6) is 0 Å². The summed E-state index contributed by atoms with van der Waals surface area (Å²) in [7, 11) is 0. The van der Waals surface area contributed by atoms with Gasteiger partial charge in [-0.3, -0.25) is 0 Å². The molecule has 0 heterocycles. The number of rotatable bonds is 6. The molecule has 276 valence electrons. The largest absolute Gasteiger partial charge is 0.478 e. The minimum absolute atomic E-state index is 0.0625. The Hall–Kier alpha value is -6.94. The van der Waals surface area contributed by atoms with Crippen LogP contribution in [0.1, 0.15) is 31.8 Å². The van der Waals surface area contributed by atoms with Crippen molar-refractivity contribution in [1.82, 2.24) is 0 Å². The van der Waals surface area contributed by atoms with Gasteiger partial charge in [0.2, 0.25) is 0 Å². The molecular formula is C46H26F6O4. The molecule has 0 atom stereocenters. The molecule has 10 heteroatoms. The second-order valence-corrected chi connectivity index (χ2v) is 13.3. The van der Waals surface area contributed by atoms with Gasteiger partial charge in [-0.2, -0.15) is 26.3 Å². The molecule has 0 amide bonds. The first-order chi connectivity index (χ1) is 26.7. The van der Waals surface area contributed by atoms with Gasteiger partial charge in [-0.25, -0.2) is 9.59 Å². The molecule has 0 saturated heterocycles. The van der Waals surface area contributed by atoms with Crippen LogP contribution in [0.3, 0.4) is 0 Å². The number of carboxylic acids is 2. The molecule has 2 N–H and O–H groups in total. The molecule has 0 spiro atoms. The fourth-order valence-electron chi connectivity index (χ4n) is 7.42. The van der Waals surface area contributed by atoms with E-state index in [-0.39, 0.29) is 22.3 Å². The Bertz CT molecular complexity index is 2680. The summed E-state index contributed by atoms with van der Waals surface area (Å²) in [5.74, 6) is -2.50. The average Bonchev–Trinajstić information content (AvgIpc) is 3.18. The van der Waals surface area contributed by atoms with Crippen LogP contribution >= 0.6 is 0 Å². The summed E-state index contributed by atoms with van der Waals surface area (Å²) >= 11 is 0. The lowest BCUT2D eigenvalue weighted by Gasteiger charge is -2.16. The van der Waals surface area contributed by atoms with E-state index >= 15 is 0 Å². The number of halogens is 6. The van der Waals surface area contributed by atoms with E-state index in [2.05, 4.69) is 0 Å². The van der Waals surface area contributed by atoms with Crippen molar-refractivity contribution in [2.45, 2.75) is 12.4 Å². The number of fused-ring (bicyclic) bond motifs is 3. The van der Waals surface area contributed by atoms with Crippen LogP contribution < -0.4 is 0 Å². The topological polar surface area (TPSA) is 74.6 Å². The van der Waals surface area contributed by atoms with Gasteiger partial charge in [0, 0.05) is 10.8 Å². The second kappa shape index (κ2) is 13.4. The van der Waals surface area contributed by atoms with E-state index in [1.807, 2.05) is 36.4 Å². The Labute approximate surface area is 314 Å². The van der Waals surface area contributed by atoms with Crippen molar-refractivity contribution in [3.63, 3.8) is 0 Å². The quantitative estimate of drug-likeness (QED) is 0.166. The monoisotopic (exact) mass is 756 g/mol. The standard InChI is InChI=1S/C46H26F6O4/c47-45(48,49)33-17-11-26(12-18-33)37-21-15-28-3-1-5-35(39(28)41(37)43(53)54)30-9-7-25-8-10-31(24-32(25)23-30)36-6-2-4-29-16-22-38(42(40(29)36)44(55)56)27-13-19-34(20-14-27)46(50,51)52/h1-24H,(H,53,54)(H,55,56). The first-order valence-electron chi connectivity index (χ1n) is 17.2. The average molecular weight is 757 g/mol. The SMILES string of the molecule is O=C(O)c1c(-c2ccc(C(F)(F)F)cc2)ccc2cccc(-c3ccc4ccc(-c5cccc6ccc(-c7ccc(C(F)(F)F)cc7)c(C(=O)O)c56)cc4c3)c12. The minimum Gasteiger partial charge on any atom is -0.478 e. The highest BCUT2D eigenvalue weighted by Gasteiger charge is 2.31. The van der Waals surface area contributed by atoms with Crippen molar-refractivity contribution < 1.29 is 46.1 Å². The molecule has 0 aliphatic carbocycles. The van der Waals surface area contributed by atoms with E-state index in [1.165, 1.54) is 24.3 Å². The van der Waals surface area contributed by atoms with Crippen molar-refractivity contribution in [1.29, 1.82) is 0 Å². The van der Waals surface area contributed by atoms with Gasteiger partial charge < -0.3 is 10.2 Å². The third-order valence-corrected chi connectivity index (χ3v) is 10.0. The molecule has 8 rings (SSSR count). The van der Waals surface area contributed by atoms with Crippen LogP contribution in [0.25, 0.3) is 76.8 Å². The number of aromatic carboxylic acids is 2. The van der Waals surface area contributed by atoms with Gasteiger partial charge in [0.15, 0.2) is 0 Å². The predicted molar refractivity (Wildman–Crippen MR) is 205 cm³/mol. The Morgan fingerprint density at radius 1 is 0.375 bits per heavy atom. The van der Waals surface area contributed by atoms with Crippen LogP contribution in [0.15, 0.2) is 146 Å². The highest BCUT2D eigenvalue weighted by Crippen LogP contribution is 2.41. The summed E-state index contributed by atoms with van der Waals surface area (Å²) in [6, 6.07) is 37.3. The summed E-state index contributed by atoms with van der Waals surface area (Å²) in [4.78, 5) is 25.8. The van der Waals surface area contributed by atoms with E-state index < -0.39 is 35.4 Å². The summed E-state index contributed by atoms with van der Waals surface area (Å²) in [5, 5.41) is 24.7. The van der Waals surface area contributed by atoms with Crippen molar-refractivity contribution in [3.05, 3.63) is 168 Å². The zero-order chi connectivity index (χ0) is 39.5. The maximum atomic E-state index is 13.3. The van der Waals surface area contributed by atoms with E-state index in [0.717, 1.165) is 35.0 Å². The normalized spacial score (nSPS) is 12.0. The predicted octanol–water partition coefficient (Wildman–Crippen LogP) is 13.2. The first kappa shape index (κ1) is 36.1. The molecule has 0 radical (unpaired) electrons. The van der Waals surface area contributed by atoms with Gasteiger partial charge in [-0.15, -0.1) is 0 Å². The number of hydrogen-bond acceptors (Lipinski definition) is 2. The fourth-order valence-corrected chi connectivity index (χ4v) is 7.42. The maximum absolute atomic E-state index is 13.3. The number of benzene rings is 8. The zero-order valence-corrected chi connectivity index (χ0v) is 28.8. The second-order valence-electron chi connectivity index (χ2n) is 13.3. The molecule has 4 nitrogen and oxygen atoms in total. The van der Waals surface area contributed by atoms with E-state index in [1.54, 1.807) is 60.7 Å². The molecular weight excluding hydrogens is 730 g/mol. The summed E-state index contributed by atoms with van der Waals surface area (Å²) in [5.41, 5.74) is 1.82. The van der Waals surface area contributed by atoms with Gasteiger partial charge in [-0.1, -0.05) is 109 Å². The smallest absolute Gasteiger partial charge is 0.416 e. The zero-order valence-electron chi connectivity index (χ0n) is 28.8. The van der Waals surface area contributed by atoms with E-state index in [4.69, 9.17) is 0 Å². The molecule has 0 aromatic heterocycles. The molecule has 0 unspecified atom stereocenters. The van der Waals surface area contributed by atoms with Crippen LogP contribution in [-0.2, 0) is 12.4 Å². The molecule has 8 aromatic carbocycles. The molecule has 0 bridgehead atoms. The molecule has 56 heavy (non-hydrogen) atoms. The fraction of sp³-hybridized carbons (Fsp3) is 0.0435. The molecule has 8 aromatic rings. The Kier molecular flexibility index (Phi) is 8.64. The van der Waals surface area contributed by atoms with Crippen LogP contribution in [0.4, 0.5) is 26.3 Å². The minimum atomic E-state index is -4.55. The van der Waals surface area contributed by atoms with E-state index in [9.17, 15) is 46.1 Å². The van der Waals surface area contributed by atoms with Gasteiger partial charge in [0.05, 0.1) is 22.3 Å². The summed E-state index contributed by atoms with van der Waals surface area (Å²) in [6.07, 6.45) is -9.10. The number of carboxylic acid groups (broad SMARTS) is 2. The van der Waals surface area contributed by atoms with E-state index in [0.29, 0.717) is 54.9 Å². The number of alkyl halides is 6. The number of hydrogen-bond donors (Lipinski definition) is 2. The molecule has 0 aliphatic heterocycles. The van der Waals surface area contributed by atoms with Gasteiger partial charge in [0.1, 0.15) is 0 Å². The van der Waals surface area contributed by atoms with Gasteiger partial charge in [-0.05, 0) is 102 Å². The third-order valence-electron chi connectivity index (χ3n) is 10.0. The summed E-state index contributed by atoms with van der Waals surface area (Å²) in [6.45, 7) is 0. The lowest BCUT2D eigenvalue weighted by molar-refractivity contribution is -0.138. The molecule has 0 aliphatic rings. The van der Waals surface area contributed by atoms with Gasteiger partial charge >= 0.3 is 24.3 Å². The van der Waals surface area contributed by atoms with Gasteiger partial charge in [0.25, 0.3) is 0 Å². The maximum Gasteiger partial charge on any atom is 0.416 e. The Morgan fingerprint density at radius 3 is 1.09 bits per heavy atom. The summed E-state index contributed by atoms with van der Waals surface area (Å²) < 4.78 is 79.8. The molecule has 0 saturated carbocycles. The third kappa shape index (κ3) is 6.38. The Morgan fingerprint density at radius 2 is 0.732 bits per heavy atom. The van der Waals surface area contributed by atoms with Crippen LogP contribution in [0, 0.1) is 0 Å². The highest BCUT2D eigenvalue weighted by molar-refractivity contribution is 6.16. The highest BCUT2D eigenvalue weighted by atomic mass is 19.4. The van der Waals surface area contributed by atoms with Crippen molar-refractivity contribution in [3.8, 4) is 44.5 Å². The van der Waals surface area contributed by atoms with Crippen molar-refractivity contribution >= 4 is 44.3 Å². The number of carbonyl (C=O) groups is 2. The van der Waals surface area contributed by atoms with Crippen LogP contribution in [-0.4, -0.2) is 22.2 Å². The Balaban J connectivity index is 1.28. The lowest BCUT2D eigenvalue weighted by Crippen LogP contribution is -2.05. The van der Waals surface area contributed by atoms with Crippen molar-refractivity contribution in [2.75, 3.05) is 0 Å². The van der Waals surface area contributed by atoms with Crippen molar-refractivity contribution in [2.24, 2.45) is 0 Å².